The summed E-state index contributed by atoms with van der Waals surface area (Å²) in [5.74, 6) is -1.04. The molecule has 1 saturated heterocycles. The molecule has 3 aromatic rings. The van der Waals surface area contributed by atoms with Crippen molar-refractivity contribution < 1.29 is 23.5 Å². The molecule has 2 fully saturated rings. The molecule has 0 unspecified atom stereocenters. The minimum absolute atomic E-state index is 0.0369. The SMILES string of the molecule is CC1(C)CC(=O)n2c(c(-c3ccc(C(N)=O)c(N=C4CCC(NC(=O)NCCN5CCOCC5)CC4)c3)c3ccc(F)cc32)C1. The highest BCUT2D eigenvalue weighted by atomic mass is 19.1. The number of ether oxygens (including phenoxy) is 1. The van der Waals surface area contributed by atoms with Crippen LogP contribution in [0.3, 0.4) is 0 Å². The average Bonchev–Trinajstić information content (AvgIpc) is 3.30. The van der Waals surface area contributed by atoms with Gasteiger partial charge in [-0.15, -0.1) is 0 Å². The van der Waals surface area contributed by atoms with Crippen LogP contribution in [0, 0.1) is 11.2 Å². The second kappa shape index (κ2) is 12.7. The Bertz CT molecular complexity index is 1660. The summed E-state index contributed by atoms with van der Waals surface area (Å²) in [5.41, 5.74) is 10.2. The summed E-state index contributed by atoms with van der Waals surface area (Å²) in [7, 11) is 0. The van der Waals surface area contributed by atoms with Gasteiger partial charge in [-0.2, -0.15) is 0 Å². The highest BCUT2D eigenvalue weighted by Crippen LogP contribution is 2.44. The zero-order chi connectivity index (χ0) is 31.7. The standard InChI is InChI=1S/C34H41FN6O4/c1-34(2)19-29-31(26-10-4-22(35)18-28(26)41(29)30(42)20-34)21-3-9-25(32(36)43)27(17-21)38-23-5-7-24(8-6-23)39-33(44)37-11-12-40-13-15-45-16-14-40/h3-4,9-10,17-18,24H,5-8,11-16,19-20H2,1-2H3,(H2,36,43)(H2,37,39,44). The van der Waals surface area contributed by atoms with Crippen molar-refractivity contribution in [1.29, 1.82) is 0 Å². The van der Waals surface area contributed by atoms with Crippen molar-refractivity contribution in [3.8, 4) is 11.1 Å². The minimum atomic E-state index is -0.577. The Balaban J connectivity index is 1.20. The minimum Gasteiger partial charge on any atom is -0.379 e. The van der Waals surface area contributed by atoms with Crippen LogP contribution in [-0.4, -0.2) is 78.5 Å². The number of carbonyl (C=O) groups is 3. The van der Waals surface area contributed by atoms with Crippen LogP contribution in [0.5, 0.6) is 0 Å². The molecule has 2 aromatic carbocycles. The Morgan fingerprint density at radius 1 is 1.09 bits per heavy atom. The van der Waals surface area contributed by atoms with Gasteiger partial charge in [-0.25, -0.2) is 9.18 Å². The predicted molar refractivity (Wildman–Crippen MR) is 172 cm³/mol. The average molecular weight is 617 g/mol. The first-order valence-corrected chi connectivity index (χ1v) is 15.8. The molecule has 0 radical (unpaired) electrons. The van der Waals surface area contributed by atoms with Crippen molar-refractivity contribution in [3.63, 3.8) is 0 Å². The number of aromatic nitrogens is 1. The van der Waals surface area contributed by atoms with Gasteiger partial charge in [-0.3, -0.25) is 24.0 Å². The molecule has 11 heteroatoms. The van der Waals surface area contributed by atoms with Crippen molar-refractivity contribution >= 4 is 40.1 Å². The molecule has 4 N–H and O–H groups in total. The summed E-state index contributed by atoms with van der Waals surface area (Å²) in [4.78, 5) is 45.4. The normalized spacial score (nSPS) is 20.1. The van der Waals surface area contributed by atoms with Gasteiger partial charge in [0.15, 0.2) is 0 Å². The molecule has 3 amide bonds. The summed E-state index contributed by atoms with van der Waals surface area (Å²) in [5, 5.41) is 6.81. The van der Waals surface area contributed by atoms with Gasteiger partial charge in [0.05, 0.1) is 30.0 Å². The molecule has 45 heavy (non-hydrogen) atoms. The van der Waals surface area contributed by atoms with Gasteiger partial charge in [0.25, 0.3) is 5.91 Å². The van der Waals surface area contributed by atoms with E-state index in [9.17, 15) is 18.8 Å². The van der Waals surface area contributed by atoms with Gasteiger partial charge in [-0.05, 0) is 73.4 Å². The molecule has 1 aromatic heterocycles. The van der Waals surface area contributed by atoms with Crippen LogP contribution >= 0.6 is 0 Å². The van der Waals surface area contributed by atoms with E-state index in [2.05, 4.69) is 29.4 Å². The number of aliphatic imine (C=N–C) groups is 1. The lowest BCUT2D eigenvalue weighted by Crippen LogP contribution is -2.47. The number of hydrogen-bond acceptors (Lipinski definition) is 6. The van der Waals surface area contributed by atoms with Gasteiger partial charge in [0.2, 0.25) is 5.91 Å². The summed E-state index contributed by atoms with van der Waals surface area (Å²) in [6.45, 7) is 8.73. The third-order valence-corrected chi connectivity index (χ3v) is 9.10. The lowest BCUT2D eigenvalue weighted by atomic mass is 9.80. The quantitative estimate of drug-likeness (QED) is 0.351. The number of urea groups is 1. The fourth-order valence-corrected chi connectivity index (χ4v) is 6.85. The zero-order valence-electron chi connectivity index (χ0n) is 26.0. The maximum absolute atomic E-state index is 14.4. The van der Waals surface area contributed by atoms with E-state index in [1.807, 2.05) is 12.1 Å². The monoisotopic (exact) mass is 616 g/mol. The first-order chi connectivity index (χ1) is 21.6. The molecule has 6 rings (SSSR count). The lowest BCUT2D eigenvalue weighted by Gasteiger charge is -2.30. The molecule has 3 heterocycles. The smallest absolute Gasteiger partial charge is 0.315 e. The molecule has 1 aliphatic carbocycles. The van der Waals surface area contributed by atoms with Gasteiger partial charge >= 0.3 is 6.03 Å². The number of hydrogen-bond donors (Lipinski definition) is 3. The summed E-state index contributed by atoms with van der Waals surface area (Å²) in [6, 6.07) is 9.76. The van der Waals surface area contributed by atoms with E-state index in [4.69, 9.17) is 15.5 Å². The van der Waals surface area contributed by atoms with E-state index < -0.39 is 11.7 Å². The fourth-order valence-electron chi connectivity index (χ4n) is 6.85. The van der Waals surface area contributed by atoms with Crippen molar-refractivity contribution in [3.05, 3.63) is 53.5 Å². The number of benzene rings is 2. The van der Waals surface area contributed by atoms with Crippen LogP contribution in [0.4, 0.5) is 14.9 Å². The summed E-state index contributed by atoms with van der Waals surface area (Å²) >= 11 is 0. The van der Waals surface area contributed by atoms with Gasteiger partial charge < -0.3 is 21.1 Å². The van der Waals surface area contributed by atoms with Crippen LogP contribution in [-0.2, 0) is 11.2 Å². The lowest BCUT2D eigenvalue weighted by molar-refractivity contribution is 0.0387. The highest BCUT2D eigenvalue weighted by molar-refractivity contribution is 6.06. The van der Waals surface area contributed by atoms with Crippen LogP contribution < -0.4 is 16.4 Å². The molecule has 0 atom stereocenters. The third-order valence-electron chi connectivity index (χ3n) is 9.10. The number of nitrogens with one attached hydrogen (secondary N) is 2. The largest absolute Gasteiger partial charge is 0.379 e. The first-order valence-electron chi connectivity index (χ1n) is 15.8. The van der Waals surface area contributed by atoms with Crippen molar-refractivity contribution in [1.82, 2.24) is 20.1 Å². The zero-order valence-corrected chi connectivity index (χ0v) is 26.0. The summed E-state index contributed by atoms with van der Waals surface area (Å²) < 4.78 is 21.4. The number of halogens is 1. The number of amides is 3. The van der Waals surface area contributed by atoms with Crippen molar-refractivity contribution in [2.24, 2.45) is 16.1 Å². The van der Waals surface area contributed by atoms with E-state index in [0.29, 0.717) is 49.0 Å². The molecular weight excluding hydrogens is 575 g/mol. The first kappa shape index (κ1) is 30.9. The molecule has 238 valence electrons. The number of carbonyl (C=O) groups excluding carboxylic acids is 3. The number of nitrogens with zero attached hydrogens (tertiary/aromatic N) is 3. The maximum atomic E-state index is 14.4. The van der Waals surface area contributed by atoms with Crippen molar-refractivity contribution in [2.45, 2.75) is 58.4 Å². The van der Waals surface area contributed by atoms with Crippen LogP contribution in [0.2, 0.25) is 0 Å². The Morgan fingerprint density at radius 2 is 1.84 bits per heavy atom. The number of fused-ring (bicyclic) bond motifs is 3. The Morgan fingerprint density at radius 3 is 2.58 bits per heavy atom. The number of primary amides is 1. The number of morpholine rings is 1. The van der Waals surface area contributed by atoms with E-state index in [0.717, 1.165) is 73.6 Å². The molecule has 0 bridgehead atoms. The van der Waals surface area contributed by atoms with E-state index >= 15 is 0 Å². The van der Waals surface area contributed by atoms with Gasteiger partial charge in [0.1, 0.15) is 5.82 Å². The third kappa shape index (κ3) is 6.79. The molecular formula is C34H41FN6O4. The van der Waals surface area contributed by atoms with Crippen molar-refractivity contribution in [2.75, 3.05) is 39.4 Å². The van der Waals surface area contributed by atoms with Gasteiger partial charge in [0, 0.05) is 61.0 Å². The summed E-state index contributed by atoms with van der Waals surface area (Å²) in [6.07, 6.45) is 3.83. The molecule has 0 spiro atoms. The Kier molecular flexibility index (Phi) is 8.74. The van der Waals surface area contributed by atoms with Gasteiger partial charge in [-0.1, -0.05) is 19.9 Å². The fraction of sp³-hybridized carbons (Fsp3) is 0.471. The highest BCUT2D eigenvalue weighted by Gasteiger charge is 2.35. The Hall–Kier alpha value is -4.09. The molecule has 3 aliphatic rings. The number of rotatable bonds is 7. The second-order valence-corrected chi connectivity index (χ2v) is 13.1. The van der Waals surface area contributed by atoms with Crippen LogP contribution in [0.25, 0.3) is 22.0 Å². The topological polar surface area (TPSA) is 131 Å². The molecule has 1 saturated carbocycles. The predicted octanol–water partition coefficient (Wildman–Crippen LogP) is 4.81. The van der Waals surface area contributed by atoms with E-state index in [1.54, 1.807) is 16.7 Å². The maximum Gasteiger partial charge on any atom is 0.315 e. The van der Waals surface area contributed by atoms with E-state index in [1.165, 1.54) is 12.1 Å². The molecule has 10 nitrogen and oxygen atoms in total. The van der Waals surface area contributed by atoms with E-state index in [-0.39, 0.29) is 23.4 Å². The second-order valence-electron chi connectivity index (χ2n) is 13.1. The van der Waals surface area contributed by atoms with Crippen LogP contribution in [0.15, 0.2) is 41.4 Å². The number of nitrogens with two attached hydrogens (primary N) is 1. The van der Waals surface area contributed by atoms with Crippen LogP contribution in [0.1, 0.15) is 66.8 Å². The molecule has 2 aliphatic heterocycles. The Labute approximate surface area is 262 Å².